The first-order chi connectivity index (χ1) is 10.2. The van der Waals surface area contributed by atoms with E-state index in [1.165, 1.54) is 18.4 Å². The number of benzene rings is 1. The molecule has 1 aliphatic heterocycles. The molecule has 0 atom stereocenters. The third-order valence-electron chi connectivity index (χ3n) is 3.89. The summed E-state index contributed by atoms with van der Waals surface area (Å²) in [5, 5.41) is 0. The van der Waals surface area contributed by atoms with Gasteiger partial charge in [-0.2, -0.15) is 0 Å². The number of hydrogen-bond acceptors (Lipinski definition) is 4. The van der Waals surface area contributed by atoms with Crippen LogP contribution in [0, 0.1) is 6.92 Å². The molecule has 110 valence electrons. The van der Waals surface area contributed by atoms with Gasteiger partial charge in [0.1, 0.15) is 17.5 Å². The van der Waals surface area contributed by atoms with Crippen LogP contribution in [0.4, 0.5) is 11.6 Å². The average Bonchev–Trinajstić information content (AvgIpc) is 3.02. The van der Waals surface area contributed by atoms with Crippen molar-refractivity contribution in [2.75, 3.05) is 29.9 Å². The molecule has 0 saturated carbocycles. The molecule has 21 heavy (non-hydrogen) atoms. The molecule has 1 saturated heterocycles. The van der Waals surface area contributed by atoms with Gasteiger partial charge in [0.15, 0.2) is 0 Å². The van der Waals surface area contributed by atoms with E-state index < -0.39 is 0 Å². The van der Waals surface area contributed by atoms with E-state index >= 15 is 0 Å². The highest BCUT2D eigenvalue weighted by Gasteiger charge is 2.16. The van der Waals surface area contributed by atoms with Gasteiger partial charge in [-0.15, -0.1) is 0 Å². The van der Waals surface area contributed by atoms with Crippen LogP contribution in [0.5, 0.6) is 0 Å². The highest BCUT2D eigenvalue weighted by atomic mass is 15.2. The number of aryl methyl sites for hydroxylation is 1. The van der Waals surface area contributed by atoms with E-state index in [4.69, 9.17) is 0 Å². The minimum Gasteiger partial charge on any atom is -0.356 e. The molecule has 0 unspecified atom stereocenters. The SMILES string of the molecule is Cc1nc(N(C)Cc2ccccc2)cc(N2CCCC2)n1. The number of hydrogen-bond donors (Lipinski definition) is 0. The van der Waals surface area contributed by atoms with Crippen LogP contribution in [0.15, 0.2) is 36.4 Å². The van der Waals surface area contributed by atoms with Crippen molar-refractivity contribution in [2.45, 2.75) is 26.3 Å². The van der Waals surface area contributed by atoms with E-state index in [1.807, 2.05) is 13.0 Å². The predicted molar refractivity (Wildman–Crippen MR) is 86.8 cm³/mol. The van der Waals surface area contributed by atoms with Gasteiger partial charge >= 0.3 is 0 Å². The second kappa shape index (κ2) is 6.12. The van der Waals surface area contributed by atoms with Gasteiger partial charge in [-0.25, -0.2) is 9.97 Å². The summed E-state index contributed by atoms with van der Waals surface area (Å²) in [5.74, 6) is 2.90. The lowest BCUT2D eigenvalue weighted by Gasteiger charge is -2.22. The first-order valence-electron chi connectivity index (χ1n) is 7.58. The summed E-state index contributed by atoms with van der Waals surface area (Å²) in [6.45, 7) is 5.05. The molecule has 0 amide bonds. The third-order valence-corrected chi connectivity index (χ3v) is 3.89. The van der Waals surface area contributed by atoms with Crippen molar-refractivity contribution in [1.82, 2.24) is 9.97 Å². The Labute approximate surface area is 126 Å². The van der Waals surface area contributed by atoms with Crippen LogP contribution in [0.2, 0.25) is 0 Å². The molecule has 0 spiro atoms. The van der Waals surface area contributed by atoms with Crippen LogP contribution >= 0.6 is 0 Å². The molecule has 1 aliphatic rings. The molecule has 0 N–H and O–H groups in total. The first-order valence-corrected chi connectivity index (χ1v) is 7.58. The molecular weight excluding hydrogens is 260 g/mol. The Kier molecular flexibility index (Phi) is 4.04. The van der Waals surface area contributed by atoms with Crippen LogP contribution in [-0.2, 0) is 6.54 Å². The van der Waals surface area contributed by atoms with Gasteiger partial charge in [0.25, 0.3) is 0 Å². The van der Waals surface area contributed by atoms with Crippen LogP contribution < -0.4 is 9.80 Å². The summed E-state index contributed by atoms with van der Waals surface area (Å²) < 4.78 is 0. The minimum absolute atomic E-state index is 0.842. The maximum absolute atomic E-state index is 4.59. The van der Waals surface area contributed by atoms with Crippen molar-refractivity contribution in [3.05, 3.63) is 47.8 Å². The fourth-order valence-corrected chi connectivity index (χ4v) is 2.78. The maximum atomic E-state index is 4.59. The zero-order valence-electron chi connectivity index (χ0n) is 12.8. The summed E-state index contributed by atoms with van der Waals surface area (Å²) in [6, 6.07) is 12.6. The fourth-order valence-electron chi connectivity index (χ4n) is 2.78. The summed E-state index contributed by atoms with van der Waals surface area (Å²) in [7, 11) is 2.09. The summed E-state index contributed by atoms with van der Waals surface area (Å²) in [4.78, 5) is 13.7. The summed E-state index contributed by atoms with van der Waals surface area (Å²) in [6.07, 6.45) is 2.52. The topological polar surface area (TPSA) is 32.3 Å². The van der Waals surface area contributed by atoms with Gasteiger partial charge < -0.3 is 9.80 Å². The van der Waals surface area contributed by atoms with E-state index in [0.717, 1.165) is 37.1 Å². The predicted octanol–water partition coefficient (Wildman–Crippen LogP) is 3.02. The van der Waals surface area contributed by atoms with Gasteiger partial charge in [0.05, 0.1) is 0 Å². The van der Waals surface area contributed by atoms with Crippen molar-refractivity contribution in [1.29, 1.82) is 0 Å². The van der Waals surface area contributed by atoms with Crippen molar-refractivity contribution in [2.24, 2.45) is 0 Å². The van der Waals surface area contributed by atoms with E-state index in [9.17, 15) is 0 Å². The molecule has 3 rings (SSSR count). The molecule has 4 heteroatoms. The Morgan fingerprint density at radius 2 is 1.81 bits per heavy atom. The summed E-state index contributed by atoms with van der Waals surface area (Å²) in [5.41, 5.74) is 1.29. The van der Waals surface area contributed by atoms with E-state index in [1.54, 1.807) is 0 Å². The lowest BCUT2D eigenvalue weighted by Crippen LogP contribution is -2.22. The molecule has 1 fully saturated rings. The molecule has 2 heterocycles. The molecule has 0 bridgehead atoms. The lowest BCUT2D eigenvalue weighted by molar-refractivity contribution is 0.860. The number of aromatic nitrogens is 2. The molecular formula is C17H22N4. The fraction of sp³-hybridized carbons (Fsp3) is 0.412. The number of nitrogens with zero attached hydrogens (tertiary/aromatic N) is 4. The summed E-state index contributed by atoms with van der Waals surface area (Å²) >= 11 is 0. The van der Waals surface area contributed by atoms with Crippen molar-refractivity contribution in [3.63, 3.8) is 0 Å². The normalized spacial score (nSPS) is 14.5. The molecule has 0 aliphatic carbocycles. The number of anilines is 2. The smallest absolute Gasteiger partial charge is 0.134 e. The second-order valence-electron chi connectivity index (χ2n) is 5.67. The average molecular weight is 282 g/mol. The standard InChI is InChI=1S/C17H22N4/c1-14-18-16(12-17(19-14)21-10-6-7-11-21)20(2)13-15-8-4-3-5-9-15/h3-5,8-9,12H,6-7,10-11,13H2,1-2H3. The van der Waals surface area contributed by atoms with Gasteiger partial charge in [-0.1, -0.05) is 30.3 Å². The monoisotopic (exact) mass is 282 g/mol. The number of rotatable bonds is 4. The van der Waals surface area contributed by atoms with Crippen molar-refractivity contribution < 1.29 is 0 Å². The molecule has 1 aromatic heterocycles. The van der Waals surface area contributed by atoms with Gasteiger partial charge in [-0.3, -0.25) is 0 Å². The lowest BCUT2D eigenvalue weighted by atomic mass is 10.2. The Morgan fingerprint density at radius 3 is 2.52 bits per heavy atom. The van der Waals surface area contributed by atoms with Crippen molar-refractivity contribution >= 4 is 11.6 Å². The van der Waals surface area contributed by atoms with Gasteiger partial charge in [-0.05, 0) is 25.3 Å². The highest BCUT2D eigenvalue weighted by molar-refractivity contribution is 5.51. The molecule has 1 aromatic carbocycles. The largest absolute Gasteiger partial charge is 0.356 e. The van der Waals surface area contributed by atoms with Crippen LogP contribution in [0.1, 0.15) is 24.2 Å². The van der Waals surface area contributed by atoms with Crippen LogP contribution in [-0.4, -0.2) is 30.1 Å². The van der Waals surface area contributed by atoms with Crippen molar-refractivity contribution in [3.8, 4) is 0 Å². The van der Waals surface area contributed by atoms with Crippen LogP contribution in [0.3, 0.4) is 0 Å². The third kappa shape index (κ3) is 3.32. The first kappa shape index (κ1) is 13.9. The minimum atomic E-state index is 0.842. The Balaban J connectivity index is 1.80. The molecule has 4 nitrogen and oxygen atoms in total. The van der Waals surface area contributed by atoms with E-state index in [-0.39, 0.29) is 0 Å². The Hall–Kier alpha value is -2.10. The zero-order valence-corrected chi connectivity index (χ0v) is 12.8. The maximum Gasteiger partial charge on any atom is 0.134 e. The Bertz CT molecular complexity index is 591. The van der Waals surface area contributed by atoms with E-state index in [2.05, 4.69) is 57.1 Å². The van der Waals surface area contributed by atoms with Gasteiger partial charge in [0, 0.05) is 32.7 Å². The zero-order chi connectivity index (χ0) is 14.7. The molecule has 2 aromatic rings. The Morgan fingerprint density at radius 1 is 1.10 bits per heavy atom. The second-order valence-corrected chi connectivity index (χ2v) is 5.67. The van der Waals surface area contributed by atoms with Gasteiger partial charge in [0.2, 0.25) is 0 Å². The highest BCUT2D eigenvalue weighted by Crippen LogP contribution is 2.22. The quantitative estimate of drug-likeness (QED) is 0.863. The van der Waals surface area contributed by atoms with Crippen LogP contribution in [0.25, 0.3) is 0 Å². The molecule has 0 radical (unpaired) electrons. The van der Waals surface area contributed by atoms with E-state index in [0.29, 0.717) is 0 Å².